The number of alkyl halides is 3. The lowest BCUT2D eigenvalue weighted by Gasteiger charge is -2.15. The summed E-state index contributed by atoms with van der Waals surface area (Å²) in [7, 11) is 0. The van der Waals surface area contributed by atoms with Gasteiger partial charge in [0.05, 0.1) is 27.5 Å². The molecule has 5 rings (SSSR count). The third-order valence-corrected chi connectivity index (χ3v) is 6.16. The Morgan fingerprint density at radius 3 is 2.48 bits per heavy atom. The molecular formula is C28H20ClF3N6O2. The van der Waals surface area contributed by atoms with Gasteiger partial charge >= 0.3 is 12.2 Å². The van der Waals surface area contributed by atoms with Gasteiger partial charge < -0.3 is 15.4 Å². The number of rotatable bonds is 6. The molecular weight excluding hydrogens is 545 g/mol. The molecule has 5 aromatic rings. The fourth-order valence-electron chi connectivity index (χ4n) is 3.92. The van der Waals surface area contributed by atoms with E-state index >= 15 is 0 Å². The van der Waals surface area contributed by atoms with Gasteiger partial charge in [0, 0.05) is 23.4 Å². The van der Waals surface area contributed by atoms with Crippen LogP contribution in [0.5, 0.6) is 11.6 Å². The second kappa shape index (κ2) is 11.1. The van der Waals surface area contributed by atoms with Gasteiger partial charge in [-0.1, -0.05) is 42.8 Å². The van der Waals surface area contributed by atoms with Crippen LogP contribution < -0.4 is 15.4 Å². The molecule has 2 heterocycles. The van der Waals surface area contributed by atoms with E-state index in [-0.39, 0.29) is 16.6 Å². The molecule has 0 saturated carbocycles. The fraction of sp³-hybridized carbons (Fsp3) is 0.107. The van der Waals surface area contributed by atoms with Crippen LogP contribution in [0.1, 0.15) is 18.3 Å². The molecule has 0 spiro atoms. The molecule has 0 aliphatic heterocycles. The molecule has 2 aromatic heterocycles. The molecule has 0 bridgehead atoms. The number of hydrogen-bond donors (Lipinski definition) is 2. The minimum atomic E-state index is -4.58. The number of carbonyl (C=O) groups excluding carboxylic acids is 1. The Kier molecular flexibility index (Phi) is 7.47. The van der Waals surface area contributed by atoms with Crippen molar-refractivity contribution in [3.05, 3.63) is 95.7 Å². The standard InChI is InChI=1S/C28H20ClF3N6O2/c1-2-24-34-15-35-25(38-24)19-8-5-13-33-26(19)40-23-12-11-21(17-6-3-4-7-18(17)23)36-27(39)37-22-14-16(28(30,31)32)9-10-20(22)29/h3-15H,2H2,1H3,(H2,36,37,39). The third kappa shape index (κ3) is 5.79. The van der Waals surface area contributed by atoms with E-state index in [2.05, 4.69) is 30.6 Å². The number of nitrogens with one attached hydrogen (secondary N) is 2. The summed E-state index contributed by atoms with van der Waals surface area (Å²) in [5, 5.41) is 6.29. The van der Waals surface area contributed by atoms with E-state index in [0.29, 0.717) is 45.8 Å². The van der Waals surface area contributed by atoms with Crippen molar-refractivity contribution in [2.45, 2.75) is 19.5 Å². The average molecular weight is 565 g/mol. The Labute approximate surface area is 231 Å². The van der Waals surface area contributed by atoms with Crippen LogP contribution in [0, 0.1) is 0 Å². The number of carbonyl (C=O) groups is 1. The van der Waals surface area contributed by atoms with E-state index in [1.807, 2.05) is 6.92 Å². The number of benzene rings is 3. The number of urea groups is 1. The maximum absolute atomic E-state index is 13.1. The van der Waals surface area contributed by atoms with Gasteiger partial charge in [-0.05, 0) is 42.5 Å². The van der Waals surface area contributed by atoms with Gasteiger partial charge in [-0.25, -0.2) is 24.7 Å². The molecule has 0 atom stereocenters. The summed E-state index contributed by atoms with van der Waals surface area (Å²) in [4.78, 5) is 30.0. The maximum atomic E-state index is 13.1. The summed E-state index contributed by atoms with van der Waals surface area (Å²) in [6, 6.07) is 15.9. The zero-order valence-corrected chi connectivity index (χ0v) is 21.6. The number of ether oxygens (including phenoxy) is 1. The molecule has 12 heteroatoms. The molecule has 0 aliphatic rings. The van der Waals surface area contributed by atoms with Crippen LogP contribution in [-0.4, -0.2) is 26.0 Å². The van der Waals surface area contributed by atoms with Crippen molar-refractivity contribution in [1.82, 2.24) is 19.9 Å². The number of halogens is 4. The Bertz CT molecular complexity index is 1710. The van der Waals surface area contributed by atoms with Gasteiger partial charge in [0.1, 0.15) is 17.9 Å². The molecule has 40 heavy (non-hydrogen) atoms. The average Bonchev–Trinajstić information content (AvgIpc) is 2.95. The largest absolute Gasteiger partial charge is 0.438 e. The predicted molar refractivity (Wildman–Crippen MR) is 146 cm³/mol. The Morgan fingerprint density at radius 1 is 0.925 bits per heavy atom. The van der Waals surface area contributed by atoms with Gasteiger partial charge in [0.2, 0.25) is 5.88 Å². The van der Waals surface area contributed by atoms with Crippen LogP contribution in [0.15, 0.2) is 79.3 Å². The molecule has 3 aromatic carbocycles. The van der Waals surface area contributed by atoms with Gasteiger partial charge in [0.15, 0.2) is 5.82 Å². The first-order chi connectivity index (χ1) is 19.2. The van der Waals surface area contributed by atoms with E-state index in [1.165, 1.54) is 6.33 Å². The highest BCUT2D eigenvalue weighted by Gasteiger charge is 2.31. The summed E-state index contributed by atoms with van der Waals surface area (Å²) in [5.74, 6) is 1.78. The van der Waals surface area contributed by atoms with Crippen molar-refractivity contribution in [1.29, 1.82) is 0 Å². The Morgan fingerprint density at radius 2 is 1.70 bits per heavy atom. The second-order valence-electron chi connectivity index (χ2n) is 8.47. The van der Waals surface area contributed by atoms with Crippen LogP contribution in [0.25, 0.3) is 22.2 Å². The number of hydrogen-bond acceptors (Lipinski definition) is 6. The molecule has 0 unspecified atom stereocenters. The van der Waals surface area contributed by atoms with Crippen LogP contribution in [0.4, 0.5) is 29.3 Å². The lowest BCUT2D eigenvalue weighted by molar-refractivity contribution is -0.137. The second-order valence-corrected chi connectivity index (χ2v) is 8.87. The van der Waals surface area contributed by atoms with E-state index in [1.54, 1.807) is 54.7 Å². The summed E-state index contributed by atoms with van der Waals surface area (Å²) < 4.78 is 45.5. The molecule has 202 valence electrons. The SMILES string of the molecule is CCc1ncnc(-c2cccnc2Oc2ccc(NC(=O)Nc3cc(C(F)(F)F)ccc3Cl)c3ccccc23)n1. The first-order valence-corrected chi connectivity index (χ1v) is 12.4. The number of pyridine rings is 1. The quantitative estimate of drug-likeness (QED) is 0.218. The van der Waals surface area contributed by atoms with E-state index in [0.717, 1.165) is 18.2 Å². The summed E-state index contributed by atoms with van der Waals surface area (Å²) in [6.45, 7) is 1.94. The van der Waals surface area contributed by atoms with Crippen molar-refractivity contribution < 1.29 is 22.7 Å². The van der Waals surface area contributed by atoms with Gasteiger partial charge in [0.25, 0.3) is 0 Å². The third-order valence-electron chi connectivity index (χ3n) is 5.83. The minimum absolute atomic E-state index is 0.0350. The predicted octanol–water partition coefficient (Wildman–Crippen LogP) is 7.76. The summed E-state index contributed by atoms with van der Waals surface area (Å²) >= 11 is 6.02. The highest BCUT2D eigenvalue weighted by molar-refractivity contribution is 6.33. The van der Waals surface area contributed by atoms with Gasteiger partial charge in [-0.2, -0.15) is 13.2 Å². The summed E-state index contributed by atoms with van der Waals surface area (Å²) in [5.41, 5.74) is -0.139. The van der Waals surface area contributed by atoms with Gasteiger partial charge in [-0.15, -0.1) is 0 Å². The monoisotopic (exact) mass is 564 g/mol. The van der Waals surface area contributed by atoms with Crippen LogP contribution in [0.2, 0.25) is 5.02 Å². The number of fused-ring (bicyclic) bond motifs is 1. The molecule has 2 amide bonds. The smallest absolute Gasteiger partial charge is 0.416 e. The number of amides is 2. The van der Waals surface area contributed by atoms with Crippen LogP contribution in [0.3, 0.4) is 0 Å². The number of aromatic nitrogens is 4. The highest BCUT2D eigenvalue weighted by atomic mass is 35.5. The topological polar surface area (TPSA) is 102 Å². The fourth-order valence-corrected chi connectivity index (χ4v) is 4.08. The number of aryl methyl sites for hydroxylation is 1. The molecule has 2 N–H and O–H groups in total. The van der Waals surface area contributed by atoms with E-state index in [4.69, 9.17) is 16.3 Å². The molecule has 8 nitrogen and oxygen atoms in total. The van der Waals surface area contributed by atoms with Crippen LogP contribution >= 0.6 is 11.6 Å². The van der Waals surface area contributed by atoms with Crippen molar-refractivity contribution in [3.63, 3.8) is 0 Å². The highest BCUT2D eigenvalue weighted by Crippen LogP contribution is 2.37. The van der Waals surface area contributed by atoms with E-state index < -0.39 is 17.8 Å². The molecule has 0 fully saturated rings. The van der Waals surface area contributed by atoms with Crippen molar-refractivity contribution in [3.8, 4) is 23.0 Å². The molecule has 0 aliphatic carbocycles. The Balaban J connectivity index is 1.43. The lowest BCUT2D eigenvalue weighted by atomic mass is 10.1. The van der Waals surface area contributed by atoms with Crippen LogP contribution in [-0.2, 0) is 12.6 Å². The van der Waals surface area contributed by atoms with E-state index in [9.17, 15) is 18.0 Å². The normalized spacial score (nSPS) is 11.3. The molecule has 0 saturated heterocycles. The summed E-state index contributed by atoms with van der Waals surface area (Å²) in [6.07, 6.45) is -0.926. The van der Waals surface area contributed by atoms with Crippen molar-refractivity contribution >= 4 is 39.8 Å². The minimum Gasteiger partial charge on any atom is -0.438 e. The Hall–Kier alpha value is -4.77. The lowest BCUT2D eigenvalue weighted by Crippen LogP contribution is -2.20. The number of anilines is 2. The number of nitrogens with zero attached hydrogens (tertiary/aromatic N) is 4. The first kappa shape index (κ1) is 26.8. The first-order valence-electron chi connectivity index (χ1n) is 12.0. The van der Waals surface area contributed by atoms with Crippen molar-refractivity contribution in [2.75, 3.05) is 10.6 Å². The zero-order chi connectivity index (χ0) is 28.3. The zero-order valence-electron chi connectivity index (χ0n) is 20.8. The maximum Gasteiger partial charge on any atom is 0.416 e. The van der Waals surface area contributed by atoms with Crippen molar-refractivity contribution in [2.24, 2.45) is 0 Å². The van der Waals surface area contributed by atoms with Gasteiger partial charge in [-0.3, -0.25) is 0 Å². The molecule has 0 radical (unpaired) electrons.